The fraction of sp³-hybridized carbons (Fsp3) is 0.381. The number of rotatable bonds is 6. The molecule has 2 aliphatic rings. The molecule has 1 aromatic carbocycles. The third kappa shape index (κ3) is 4.04. The minimum absolute atomic E-state index is 0.0263. The molecule has 0 bridgehead atoms. The van der Waals surface area contributed by atoms with Gasteiger partial charge in [-0.25, -0.2) is 4.79 Å². The van der Waals surface area contributed by atoms with E-state index < -0.39 is 17.5 Å². The summed E-state index contributed by atoms with van der Waals surface area (Å²) in [5.74, 6) is -0.785. The van der Waals surface area contributed by atoms with E-state index in [0.717, 1.165) is 34.7 Å². The van der Waals surface area contributed by atoms with E-state index in [1.54, 1.807) is 11.3 Å². The van der Waals surface area contributed by atoms with Crippen LogP contribution in [-0.2, 0) is 9.59 Å². The topological polar surface area (TPSA) is 90.5 Å². The van der Waals surface area contributed by atoms with Crippen molar-refractivity contribution in [2.24, 2.45) is 0 Å². The number of hydrogen-bond acceptors (Lipinski definition) is 5. The summed E-state index contributed by atoms with van der Waals surface area (Å²) in [7, 11) is 0. The van der Waals surface area contributed by atoms with Crippen LogP contribution in [0.4, 0.5) is 4.79 Å². The number of thiophene rings is 1. The first-order valence-corrected chi connectivity index (χ1v) is 10.7. The molecule has 1 aliphatic carbocycles. The average Bonchev–Trinajstić information content (AvgIpc) is 3.34. The Labute approximate surface area is 173 Å². The molecule has 3 N–H and O–H groups in total. The molecule has 1 saturated carbocycles. The van der Waals surface area contributed by atoms with Gasteiger partial charge in [-0.05, 0) is 29.9 Å². The molecule has 29 heavy (non-hydrogen) atoms. The second-order valence-electron chi connectivity index (χ2n) is 7.49. The van der Waals surface area contributed by atoms with Crippen molar-refractivity contribution in [2.75, 3.05) is 6.54 Å². The summed E-state index contributed by atoms with van der Waals surface area (Å²) in [5.41, 5.74) is 2.67. The van der Waals surface area contributed by atoms with Crippen LogP contribution in [0.15, 0.2) is 47.8 Å². The predicted molar refractivity (Wildman–Crippen MR) is 110 cm³/mol. The highest BCUT2D eigenvalue weighted by molar-refractivity contribution is 7.10. The molecule has 7 nitrogen and oxygen atoms in total. The number of urea groups is 1. The van der Waals surface area contributed by atoms with Crippen LogP contribution in [0.5, 0.6) is 0 Å². The van der Waals surface area contributed by atoms with Gasteiger partial charge in [0, 0.05) is 4.88 Å². The number of nitrogens with zero attached hydrogens (tertiary/aromatic N) is 1. The number of carbonyl (C=O) groups is 3. The molecule has 2 heterocycles. The molecule has 1 saturated heterocycles. The molecule has 152 valence electrons. The zero-order valence-electron chi connectivity index (χ0n) is 16.0. The maximum Gasteiger partial charge on any atom is 0.344 e. The van der Waals surface area contributed by atoms with Gasteiger partial charge < -0.3 is 5.32 Å². The molecular formula is C21H24N4O3S. The van der Waals surface area contributed by atoms with Gasteiger partial charge in [-0.3, -0.25) is 20.3 Å². The molecule has 1 aliphatic heterocycles. The van der Waals surface area contributed by atoms with Crippen LogP contribution in [0, 0.1) is 0 Å². The molecule has 2 fully saturated rings. The van der Waals surface area contributed by atoms with E-state index in [0.29, 0.717) is 12.8 Å². The van der Waals surface area contributed by atoms with Gasteiger partial charge in [0.2, 0.25) is 0 Å². The van der Waals surface area contributed by atoms with E-state index in [1.165, 1.54) is 0 Å². The van der Waals surface area contributed by atoms with Crippen molar-refractivity contribution in [3.05, 3.63) is 58.3 Å². The number of amides is 4. The maximum atomic E-state index is 12.8. The molecule has 2 aromatic rings. The van der Waals surface area contributed by atoms with Crippen molar-refractivity contribution in [1.29, 1.82) is 0 Å². The Morgan fingerprint density at radius 1 is 1.10 bits per heavy atom. The molecule has 1 atom stereocenters. The van der Waals surface area contributed by atoms with Crippen molar-refractivity contribution < 1.29 is 14.4 Å². The lowest BCUT2D eigenvalue weighted by molar-refractivity contribution is -0.139. The molecule has 4 amide bonds. The van der Waals surface area contributed by atoms with Gasteiger partial charge in [-0.2, -0.15) is 5.01 Å². The minimum atomic E-state index is -0.848. The fourth-order valence-electron chi connectivity index (χ4n) is 4.06. The monoisotopic (exact) mass is 412 g/mol. The van der Waals surface area contributed by atoms with Crippen LogP contribution in [0.1, 0.15) is 48.6 Å². The van der Waals surface area contributed by atoms with E-state index in [4.69, 9.17) is 0 Å². The van der Waals surface area contributed by atoms with Crippen LogP contribution < -0.4 is 16.1 Å². The summed E-state index contributed by atoms with van der Waals surface area (Å²) in [6, 6.07) is 13.1. The zero-order chi connectivity index (χ0) is 20.3. The lowest BCUT2D eigenvalue weighted by atomic mass is 9.82. The fourth-order valence-corrected chi connectivity index (χ4v) is 4.89. The van der Waals surface area contributed by atoms with Crippen molar-refractivity contribution >= 4 is 29.2 Å². The standard InChI is InChI=1S/C21H24N4O3S/c26-17(24-25-19(27)21(23-20(25)28)11-5-2-6-12-21)14-22-18(16-10-7-13-29-16)15-8-3-1-4-9-15/h1,3-4,7-10,13,18,22H,2,5-6,11-12,14H2,(H,23,28)(H,24,26)/t18-/m0/s1. The molecule has 1 spiro atoms. The molecule has 0 radical (unpaired) electrons. The highest BCUT2D eigenvalue weighted by Gasteiger charge is 2.52. The second-order valence-corrected chi connectivity index (χ2v) is 8.47. The van der Waals surface area contributed by atoms with Crippen molar-refractivity contribution in [3.8, 4) is 0 Å². The Morgan fingerprint density at radius 3 is 2.55 bits per heavy atom. The average molecular weight is 413 g/mol. The number of carbonyl (C=O) groups excluding carboxylic acids is 3. The lowest BCUT2D eigenvalue weighted by Crippen LogP contribution is -2.52. The lowest BCUT2D eigenvalue weighted by Gasteiger charge is -2.30. The Morgan fingerprint density at radius 2 is 1.86 bits per heavy atom. The summed E-state index contributed by atoms with van der Waals surface area (Å²) in [5, 5.41) is 8.87. The Hall–Kier alpha value is -2.71. The van der Waals surface area contributed by atoms with Gasteiger partial charge in [0.15, 0.2) is 0 Å². The van der Waals surface area contributed by atoms with E-state index in [9.17, 15) is 14.4 Å². The first-order valence-electron chi connectivity index (χ1n) is 9.87. The first-order chi connectivity index (χ1) is 14.1. The minimum Gasteiger partial charge on any atom is -0.322 e. The van der Waals surface area contributed by atoms with Gasteiger partial charge in [-0.1, -0.05) is 55.7 Å². The van der Waals surface area contributed by atoms with Gasteiger partial charge in [-0.15, -0.1) is 11.3 Å². The second kappa shape index (κ2) is 8.34. The predicted octanol–water partition coefficient (Wildman–Crippen LogP) is 2.71. The molecule has 4 rings (SSSR count). The quantitative estimate of drug-likeness (QED) is 0.637. The normalized spacial score (nSPS) is 19.2. The number of imide groups is 1. The molecule has 0 unspecified atom stereocenters. The van der Waals surface area contributed by atoms with E-state index in [2.05, 4.69) is 16.1 Å². The zero-order valence-corrected chi connectivity index (χ0v) is 16.8. The molecule has 1 aromatic heterocycles. The number of nitrogens with one attached hydrogen (secondary N) is 3. The van der Waals surface area contributed by atoms with Crippen molar-refractivity contribution in [1.82, 2.24) is 21.1 Å². The SMILES string of the molecule is O=C(CN[C@@H](c1ccccc1)c1cccs1)NN1C(=O)NC2(CCCCC2)C1=O. The Balaban J connectivity index is 1.40. The smallest absolute Gasteiger partial charge is 0.322 e. The van der Waals surface area contributed by atoms with Gasteiger partial charge in [0.25, 0.3) is 11.8 Å². The van der Waals surface area contributed by atoms with Crippen LogP contribution in [0.3, 0.4) is 0 Å². The van der Waals surface area contributed by atoms with E-state index >= 15 is 0 Å². The number of hydrogen-bond donors (Lipinski definition) is 3. The third-order valence-electron chi connectivity index (χ3n) is 5.53. The van der Waals surface area contributed by atoms with Crippen molar-refractivity contribution in [2.45, 2.75) is 43.7 Å². The summed E-state index contributed by atoms with van der Waals surface area (Å²) < 4.78 is 0. The highest BCUT2D eigenvalue weighted by Crippen LogP contribution is 2.33. The van der Waals surface area contributed by atoms with Gasteiger partial charge in [0.05, 0.1) is 12.6 Å². The highest BCUT2D eigenvalue weighted by atomic mass is 32.1. The number of benzene rings is 1. The van der Waals surface area contributed by atoms with Crippen LogP contribution >= 0.6 is 11.3 Å². The van der Waals surface area contributed by atoms with E-state index in [-0.39, 0.29) is 18.5 Å². The van der Waals surface area contributed by atoms with Gasteiger partial charge in [0.1, 0.15) is 5.54 Å². The number of hydrazine groups is 1. The molecule has 8 heteroatoms. The van der Waals surface area contributed by atoms with Gasteiger partial charge >= 0.3 is 6.03 Å². The largest absolute Gasteiger partial charge is 0.344 e. The summed E-state index contributed by atoms with van der Waals surface area (Å²) in [6.07, 6.45) is 4.10. The van der Waals surface area contributed by atoms with Crippen LogP contribution in [0.25, 0.3) is 0 Å². The van der Waals surface area contributed by atoms with Crippen LogP contribution in [-0.4, -0.2) is 34.9 Å². The summed E-state index contributed by atoms with van der Waals surface area (Å²) in [6.45, 7) is -0.0263. The Kier molecular flexibility index (Phi) is 5.64. The van der Waals surface area contributed by atoms with Crippen molar-refractivity contribution in [3.63, 3.8) is 0 Å². The summed E-state index contributed by atoms with van der Waals surface area (Å²) in [4.78, 5) is 38.7. The first kappa shape index (κ1) is 19.6. The molecular weight excluding hydrogens is 388 g/mol. The maximum absolute atomic E-state index is 12.8. The van der Waals surface area contributed by atoms with Crippen LogP contribution in [0.2, 0.25) is 0 Å². The summed E-state index contributed by atoms with van der Waals surface area (Å²) >= 11 is 1.60. The van der Waals surface area contributed by atoms with E-state index in [1.807, 2.05) is 47.8 Å². The Bertz CT molecular complexity index is 879. The third-order valence-corrected chi connectivity index (χ3v) is 6.47.